The van der Waals surface area contributed by atoms with E-state index in [2.05, 4.69) is 48.5 Å². The molecule has 0 aliphatic carbocycles. The van der Waals surface area contributed by atoms with Gasteiger partial charge in [-0.25, -0.2) is 0 Å². The first-order valence-corrected chi connectivity index (χ1v) is 50.9. The van der Waals surface area contributed by atoms with Crippen LogP contribution in [0.4, 0.5) is 0 Å². The van der Waals surface area contributed by atoms with E-state index in [9.17, 15) is 27.4 Å². The van der Waals surface area contributed by atoms with Crippen LogP contribution in [0, 0.1) is 0 Å². The lowest BCUT2D eigenvalue weighted by Crippen LogP contribution is -2.00. The third-order valence-electron chi connectivity index (χ3n) is 17.7. The van der Waals surface area contributed by atoms with Crippen molar-refractivity contribution in [2.24, 2.45) is 0 Å². The quantitative estimate of drug-likeness (QED) is 0.0260. The molecule has 0 saturated heterocycles. The Morgan fingerprint density at radius 3 is 0.902 bits per heavy atom. The van der Waals surface area contributed by atoms with Gasteiger partial charge in [0.05, 0.1) is 116 Å². The summed E-state index contributed by atoms with van der Waals surface area (Å²) in [5.74, 6) is 0. The maximum absolute atomic E-state index is 13.0. The Labute approximate surface area is 729 Å². The van der Waals surface area contributed by atoms with Gasteiger partial charge >= 0.3 is 45.6 Å². The van der Waals surface area contributed by atoms with E-state index < -0.39 is 45.6 Å². The highest BCUT2D eigenvalue weighted by molar-refractivity contribution is 7.54. The second kappa shape index (κ2) is 57.2. The van der Waals surface area contributed by atoms with Crippen molar-refractivity contribution in [2.75, 3.05) is 79.3 Å². The van der Waals surface area contributed by atoms with Gasteiger partial charge in [0.2, 0.25) is 0 Å². The molecule has 0 amide bonds. The zero-order valence-electron chi connectivity index (χ0n) is 70.3. The average Bonchev–Trinajstić information content (AvgIpc) is 0.767. The Hall–Kier alpha value is -7.42. The van der Waals surface area contributed by atoms with Gasteiger partial charge in [-0.05, 0) is 188 Å². The molecule has 0 unspecified atom stereocenters. The molecule has 12 aromatic carbocycles. The largest absolute Gasteiger partial charge is 0.335 e. The lowest BCUT2D eigenvalue weighted by atomic mass is 9.98. The summed E-state index contributed by atoms with van der Waals surface area (Å²) in [4.78, 5) is 0. The third-order valence-corrected chi connectivity index (χ3v) is 29.9. The summed E-state index contributed by atoms with van der Waals surface area (Å²) >= 11 is 0. The molecule has 0 N–H and O–H groups in total. The molecule has 0 aromatic heterocycles. The predicted molar refractivity (Wildman–Crippen MR) is 514 cm³/mol. The topological polar surface area (TPSA) is 213 Å². The smallest absolute Gasteiger partial charge is 0.309 e. The lowest BCUT2D eigenvalue weighted by molar-refractivity contribution is 0.218. The highest BCUT2D eigenvalue weighted by Gasteiger charge is 2.30. The van der Waals surface area contributed by atoms with Crippen molar-refractivity contribution in [3.63, 3.8) is 0 Å². The van der Waals surface area contributed by atoms with Crippen LogP contribution in [-0.4, -0.2) is 79.3 Å². The van der Waals surface area contributed by atoms with E-state index in [0.717, 1.165) is 87.8 Å². The maximum atomic E-state index is 13.0. The van der Waals surface area contributed by atoms with Crippen LogP contribution in [0.1, 0.15) is 146 Å². The molecule has 0 heterocycles. The first-order valence-electron chi connectivity index (χ1n) is 40.5. The van der Waals surface area contributed by atoms with Crippen LogP contribution in [0.15, 0.2) is 279 Å². The van der Waals surface area contributed by atoms with E-state index in [-0.39, 0.29) is 35.9 Å². The fraction of sp³-hybridized carbons (Fsp3) is 0.347. The number of benzene rings is 12. The Kier molecular flexibility index (Phi) is 51.0. The van der Waals surface area contributed by atoms with Gasteiger partial charge in [0, 0.05) is 0 Å². The predicted octanol–water partition coefficient (Wildman–Crippen LogP) is 31.2. The monoisotopic (exact) mass is 1780 g/mol. The Morgan fingerprint density at radius 1 is 0.197 bits per heavy atom. The van der Waals surface area contributed by atoms with E-state index in [1.165, 1.54) is 10.9 Å². The molecular formula is C98H134O18P6. The van der Waals surface area contributed by atoms with Crippen molar-refractivity contribution >= 4 is 88.7 Å². The molecule has 0 aliphatic rings. The fourth-order valence-corrected chi connectivity index (χ4v) is 23.4. The van der Waals surface area contributed by atoms with Gasteiger partial charge in [-0.15, -0.1) is 0 Å². The van der Waals surface area contributed by atoms with Crippen molar-refractivity contribution in [1.82, 2.24) is 0 Å². The number of hydrogen-bond acceptors (Lipinski definition) is 18. The minimum atomic E-state index is -3.15. The van der Waals surface area contributed by atoms with Crippen molar-refractivity contribution in [1.29, 1.82) is 0 Å². The molecule has 0 saturated carbocycles. The van der Waals surface area contributed by atoms with Crippen LogP contribution in [0.3, 0.4) is 0 Å². The van der Waals surface area contributed by atoms with Gasteiger partial charge in [0.15, 0.2) is 0 Å². The first kappa shape index (κ1) is 109. The van der Waals surface area contributed by atoms with E-state index in [0.29, 0.717) is 110 Å². The van der Waals surface area contributed by atoms with Crippen LogP contribution in [0.5, 0.6) is 0 Å². The maximum Gasteiger partial charge on any atom is 0.335 e. The minimum absolute atomic E-state index is 0. The molecule has 24 heteroatoms. The number of fused-ring (bicyclic) bond motifs is 4. The number of rotatable bonds is 38. The summed E-state index contributed by atoms with van der Waals surface area (Å²) in [6.07, 6.45) is 1.87. The third kappa shape index (κ3) is 35.5. The van der Waals surface area contributed by atoms with Crippen LogP contribution < -0.4 is 0 Å². The van der Waals surface area contributed by atoms with Crippen LogP contribution in [0.2, 0.25) is 0 Å². The summed E-state index contributed by atoms with van der Waals surface area (Å²) < 4.78 is 140. The molecule has 122 heavy (non-hydrogen) atoms. The zero-order chi connectivity index (χ0) is 85.1. The normalized spacial score (nSPS) is 11.4. The molecule has 0 atom stereocenters. The summed E-state index contributed by atoms with van der Waals surface area (Å²) in [7, 11) is -18.3. The van der Waals surface area contributed by atoms with Crippen LogP contribution in [-0.2, 0) is 119 Å². The van der Waals surface area contributed by atoms with Gasteiger partial charge in [-0.1, -0.05) is 303 Å². The van der Waals surface area contributed by atoms with Gasteiger partial charge in [0.25, 0.3) is 0 Å². The molecule has 0 spiro atoms. The summed E-state index contributed by atoms with van der Waals surface area (Å²) in [5, 5.41) is 9.04. The van der Waals surface area contributed by atoms with Gasteiger partial charge < -0.3 is 54.3 Å². The molecular weight excluding hydrogens is 1650 g/mol. The molecule has 0 aliphatic heterocycles. The fourth-order valence-electron chi connectivity index (χ4n) is 13.0. The zero-order valence-corrected chi connectivity index (χ0v) is 75.7. The molecule has 0 radical (unpaired) electrons. The molecule has 0 fully saturated rings. The highest BCUT2D eigenvalue weighted by atomic mass is 31.2. The SMILES string of the molecule is C.C.C.C.CCOP(=O)(Cc1c2ccccc2cc2ccccc12)OCC.CCOP(=O)(Cc1ccc(-c2ccccc2)cc1)OCC.CCOP(=O)(Cc1ccc2ccccc2c1)OCC.CCOP(=O)(Cc1cccc2ccccc12)OCC.CCOP(=O)(Cc1ccccc1)OCC.CCOP(=O)(Cc1ccccc1-c1ccccc1)OCC. The summed E-state index contributed by atoms with van der Waals surface area (Å²) in [6, 6.07) is 92.6. The molecule has 0 bridgehead atoms. The van der Waals surface area contributed by atoms with Crippen molar-refractivity contribution in [2.45, 2.75) is 150 Å². The lowest BCUT2D eigenvalue weighted by Gasteiger charge is -2.19. The second-order valence-electron chi connectivity index (χ2n) is 26.3. The second-order valence-corrected chi connectivity index (χ2v) is 38.6. The van der Waals surface area contributed by atoms with Gasteiger partial charge in [0.1, 0.15) is 0 Å². The Bertz CT molecular complexity index is 5130. The minimum Gasteiger partial charge on any atom is -0.309 e. The van der Waals surface area contributed by atoms with Gasteiger partial charge in [-0.3, -0.25) is 27.4 Å². The van der Waals surface area contributed by atoms with Crippen molar-refractivity contribution in [3.05, 3.63) is 312 Å². The van der Waals surface area contributed by atoms with Crippen molar-refractivity contribution < 1.29 is 81.7 Å². The van der Waals surface area contributed by atoms with E-state index >= 15 is 0 Å². The van der Waals surface area contributed by atoms with Crippen LogP contribution in [0.25, 0.3) is 65.3 Å². The summed E-state index contributed by atoms with van der Waals surface area (Å²) in [6.45, 7) is 26.6. The molecule has 18 nitrogen and oxygen atoms in total. The van der Waals surface area contributed by atoms with E-state index in [1.807, 2.05) is 314 Å². The Balaban J connectivity index is 0.000000377. The molecule has 664 valence electrons. The standard InChI is InChI=1S/C19H21O3P.2C17H21O3P.2C15H19O3P.C11H17O3P.4CH4/c1-3-21-23(20,22-4-2)14-19-17-11-7-5-9-15(17)13-16-10-6-8-12-18(16)19;1-3-19-21(18,20-4-2)14-16-12-8-9-13-17(16)15-10-6-5-7-11-15;1-3-19-21(18,20-4-2)14-15-10-12-17(13-11-15)16-8-6-5-7-9-16;1-3-17-19(16,18-4-2)12-14-10-7-9-13-8-5-6-11-15(13)14;1-3-17-19(16,18-4-2)12-13-9-10-14-7-5-6-8-15(14)11-13;1-3-13-15(12,14-4-2)10-11-8-6-5-7-9-11;;;;/h5-13H,3-4,14H2,1-2H3;2*5-13H,3-4,14H2,1-2H3;2*5-11H,3-4,12H2,1-2H3;5-9H,3-4,10H2,1-2H3;4*1H4. The van der Waals surface area contributed by atoms with Gasteiger partial charge in [-0.2, -0.15) is 0 Å². The van der Waals surface area contributed by atoms with Crippen molar-refractivity contribution in [3.8, 4) is 22.3 Å². The Morgan fingerprint density at radius 2 is 0.475 bits per heavy atom. The highest BCUT2D eigenvalue weighted by Crippen LogP contribution is 2.57. The van der Waals surface area contributed by atoms with E-state index in [1.54, 1.807) is 0 Å². The first-order chi connectivity index (χ1) is 57.1. The molecule has 12 aromatic rings. The average molecular weight is 1790 g/mol. The van der Waals surface area contributed by atoms with Crippen LogP contribution >= 0.6 is 45.6 Å². The van der Waals surface area contributed by atoms with E-state index in [4.69, 9.17) is 54.3 Å². The molecule has 12 rings (SSSR count). The number of hydrogen-bond donors (Lipinski definition) is 0. The summed E-state index contributed by atoms with van der Waals surface area (Å²) in [5.41, 5.74) is 10.4.